The molecule has 0 spiro atoms. The summed E-state index contributed by atoms with van der Waals surface area (Å²) in [5, 5.41) is 6.83. The van der Waals surface area contributed by atoms with E-state index in [4.69, 9.17) is 5.73 Å². The monoisotopic (exact) mass is 317 g/mol. The number of nitrogens with one attached hydrogen (secondary N) is 1. The standard InChI is InChI=1S/C12H15N5O.2ClH/c13-6-2-7-14-12(18)10-4-1-5-11(16-10)17-9-3-8-15-17;;/h1,3-5,8-9H,2,6-7,13H2,(H,14,18);2*1H. The summed E-state index contributed by atoms with van der Waals surface area (Å²) in [7, 11) is 0. The number of nitrogens with zero attached hydrogens (tertiary/aromatic N) is 3. The number of halogens is 2. The van der Waals surface area contributed by atoms with Crippen molar-refractivity contribution in [1.29, 1.82) is 0 Å². The summed E-state index contributed by atoms with van der Waals surface area (Å²) < 4.78 is 1.61. The van der Waals surface area contributed by atoms with Gasteiger partial charge in [-0.3, -0.25) is 4.79 Å². The molecule has 0 atom stereocenters. The van der Waals surface area contributed by atoms with Crippen molar-refractivity contribution in [2.45, 2.75) is 6.42 Å². The predicted octanol–water partition coefficient (Wildman–Crippen LogP) is 1.19. The van der Waals surface area contributed by atoms with Crippen molar-refractivity contribution in [3.8, 4) is 5.82 Å². The van der Waals surface area contributed by atoms with Gasteiger partial charge in [-0.2, -0.15) is 5.10 Å². The van der Waals surface area contributed by atoms with Crippen molar-refractivity contribution >= 4 is 30.7 Å². The number of rotatable bonds is 5. The number of amides is 1. The van der Waals surface area contributed by atoms with Crippen LogP contribution in [0.1, 0.15) is 16.9 Å². The Morgan fingerprint density at radius 3 is 2.75 bits per heavy atom. The maximum atomic E-state index is 11.8. The second-order valence-electron chi connectivity index (χ2n) is 3.73. The summed E-state index contributed by atoms with van der Waals surface area (Å²) in [4.78, 5) is 16.0. The molecule has 0 radical (unpaired) electrons. The average molecular weight is 318 g/mol. The van der Waals surface area contributed by atoms with Crippen LogP contribution in [-0.2, 0) is 0 Å². The molecule has 0 aliphatic rings. The third kappa shape index (κ3) is 4.80. The van der Waals surface area contributed by atoms with Crippen LogP contribution in [0.3, 0.4) is 0 Å². The van der Waals surface area contributed by atoms with Gasteiger partial charge >= 0.3 is 0 Å². The van der Waals surface area contributed by atoms with Gasteiger partial charge in [0, 0.05) is 18.9 Å². The van der Waals surface area contributed by atoms with E-state index in [1.54, 1.807) is 41.3 Å². The molecule has 6 nitrogen and oxygen atoms in total. The molecule has 3 N–H and O–H groups in total. The Kier molecular flexibility index (Phi) is 8.54. The van der Waals surface area contributed by atoms with E-state index < -0.39 is 0 Å². The number of aromatic nitrogens is 3. The molecular formula is C12H17Cl2N5O. The van der Waals surface area contributed by atoms with E-state index >= 15 is 0 Å². The van der Waals surface area contributed by atoms with Gasteiger partial charge in [-0.05, 0) is 31.2 Å². The van der Waals surface area contributed by atoms with Gasteiger partial charge in [0.2, 0.25) is 0 Å². The fourth-order valence-electron chi connectivity index (χ4n) is 1.48. The Hall–Kier alpha value is -1.63. The lowest BCUT2D eigenvalue weighted by atomic mass is 10.3. The first-order chi connectivity index (χ1) is 8.81. The lowest BCUT2D eigenvalue weighted by Gasteiger charge is -2.05. The number of pyridine rings is 1. The smallest absolute Gasteiger partial charge is 0.269 e. The van der Waals surface area contributed by atoms with E-state index in [1.807, 2.05) is 0 Å². The molecule has 0 aliphatic carbocycles. The molecular weight excluding hydrogens is 301 g/mol. The van der Waals surface area contributed by atoms with Gasteiger partial charge in [-0.1, -0.05) is 6.07 Å². The fourth-order valence-corrected chi connectivity index (χ4v) is 1.48. The first kappa shape index (κ1) is 18.4. The molecule has 20 heavy (non-hydrogen) atoms. The first-order valence-electron chi connectivity index (χ1n) is 5.76. The number of nitrogens with two attached hydrogens (primary N) is 1. The van der Waals surface area contributed by atoms with Gasteiger partial charge in [-0.15, -0.1) is 24.8 Å². The van der Waals surface area contributed by atoms with Crippen molar-refractivity contribution in [3.05, 3.63) is 42.4 Å². The predicted molar refractivity (Wildman–Crippen MR) is 81.9 cm³/mol. The van der Waals surface area contributed by atoms with E-state index in [1.165, 1.54) is 0 Å². The van der Waals surface area contributed by atoms with E-state index in [2.05, 4.69) is 15.4 Å². The molecule has 0 saturated carbocycles. The molecule has 0 bridgehead atoms. The zero-order valence-corrected chi connectivity index (χ0v) is 12.4. The van der Waals surface area contributed by atoms with Crippen LogP contribution in [0.4, 0.5) is 0 Å². The van der Waals surface area contributed by atoms with Crippen LogP contribution in [-0.4, -0.2) is 33.8 Å². The summed E-state index contributed by atoms with van der Waals surface area (Å²) in [6, 6.07) is 7.05. The maximum absolute atomic E-state index is 11.8. The quantitative estimate of drug-likeness (QED) is 0.811. The first-order valence-corrected chi connectivity index (χ1v) is 5.76. The largest absolute Gasteiger partial charge is 0.351 e. The number of hydrogen-bond acceptors (Lipinski definition) is 4. The minimum atomic E-state index is -0.197. The topological polar surface area (TPSA) is 85.8 Å². The normalized spacial score (nSPS) is 9.25. The van der Waals surface area contributed by atoms with Crippen LogP contribution in [0.25, 0.3) is 5.82 Å². The summed E-state index contributed by atoms with van der Waals surface area (Å²) in [5.74, 6) is 0.420. The van der Waals surface area contributed by atoms with Gasteiger partial charge in [0.05, 0.1) is 0 Å². The van der Waals surface area contributed by atoms with E-state index in [-0.39, 0.29) is 30.7 Å². The number of hydrogen-bond donors (Lipinski definition) is 2. The Bertz CT molecular complexity index is 518. The highest BCUT2D eigenvalue weighted by Gasteiger charge is 2.07. The van der Waals surface area contributed by atoms with Crippen molar-refractivity contribution in [2.75, 3.05) is 13.1 Å². The minimum Gasteiger partial charge on any atom is -0.351 e. The molecule has 2 rings (SSSR count). The number of carbonyl (C=O) groups is 1. The van der Waals surface area contributed by atoms with E-state index in [0.717, 1.165) is 6.42 Å². The molecule has 8 heteroatoms. The van der Waals surface area contributed by atoms with Crippen molar-refractivity contribution in [1.82, 2.24) is 20.1 Å². The van der Waals surface area contributed by atoms with Gasteiger partial charge in [-0.25, -0.2) is 9.67 Å². The Balaban J connectivity index is 0.00000180. The second kappa shape index (κ2) is 9.30. The van der Waals surface area contributed by atoms with Crippen LogP contribution < -0.4 is 11.1 Å². The van der Waals surface area contributed by atoms with Gasteiger partial charge in [0.15, 0.2) is 5.82 Å². The maximum Gasteiger partial charge on any atom is 0.269 e. The molecule has 0 unspecified atom stereocenters. The molecule has 0 aliphatic heterocycles. The summed E-state index contributed by atoms with van der Waals surface area (Å²) in [5.41, 5.74) is 5.74. The SMILES string of the molecule is Cl.Cl.NCCCNC(=O)c1cccc(-n2cccn2)n1. The molecule has 1 amide bonds. The van der Waals surface area contributed by atoms with Gasteiger partial charge < -0.3 is 11.1 Å². The molecule has 0 fully saturated rings. The van der Waals surface area contributed by atoms with Crippen LogP contribution >= 0.6 is 24.8 Å². The Morgan fingerprint density at radius 2 is 2.10 bits per heavy atom. The van der Waals surface area contributed by atoms with Crippen LogP contribution in [0.15, 0.2) is 36.7 Å². The summed E-state index contributed by atoms with van der Waals surface area (Å²) in [6.45, 7) is 1.12. The van der Waals surface area contributed by atoms with Gasteiger partial charge in [0.25, 0.3) is 5.91 Å². The fraction of sp³-hybridized carbons (Fsp3) is 0.250. The highest BCUT2D eigenvalue weighted by Crippen LogP contribution is 2.04. The summed E-state index contributed by atoms with van der Waals surface area (Å²) >= 11 is 0. The molecule has 2 heterocycles. The highest BCUT2D eigenvalue weighted by molar-refractivity contribution is 5.92. The zero-order valence-electron chi connectivity index (χ0n) is 10.7. The van der Waals surface area contributed by atoms with Crippen molar-refractivity contribution in [3.63, 3.8) is 0 Å². The van der Waals surface area contributed by atoms with Crippen LogP contribution in [0, 0.1) is 0 Å². The van der Waals surface area contributed by atoms with Crippen LogP contribution in [0.5, 0.6) is 0 Å². The summed E-state index contributed by atoms with van der Waals surface area (Å²) in [6.07, 6.45) is 4.19. The Morgan fingerprint density at radius 1 is 1.30 bits per heavy atom. The molecule has 2 aromatic rings. The average Bonchev–Trinajstić information content (AvgIpc) is 2.93. The van der Waals surface area contributed by atoms with Crippen molar-refractivity contribution < 1.29 is 4.79 Å². The lowest BCUT2D eigenvalue weighted by Crippen LogP contribution is -2.27. The second-order valence-corrected chi connectivity index (χ2v) is 3.73. The molecule has 0 saturated heterocycles. The zero-order chi connectivity index (χ0) is 12.8. The molecule has 110 valence electrons. The van der Waals surface area contributed by atoms with Crippen molar-refractivity contribution in [2.24, 2.45) is 5.73 Å². The van der Waals surface area contributed by atoms with E-state index in [0.29, 0.717) is 24.6 Å². The van der Waals surface area contributed by atoms with Gasteiger partial charge in [0.1, 0.15) is 5.69 Å². The third-order valence-corrected chi connectivity index (χ3v) is 2.37. The minimum absolute atomic E-state index is 0. The molecule has 2 aromatic heterocycles. The third-order valence-electron chi connectivity index (χ3n) is 2.37. The Labute approximate surface area is 129 Å². The highest BCUT2D eigenvalue weighted by atomic mass is 35.5. The van der Waals surface area contributed by atoms with Crippen LogP contribution in [0.2, 0.25) is 0 Å². The lowest BCUT2D eigenvalue weighted by molar-refractivity contribution is 0.0948. The molecule has 0 aromatic carbocycles. The number of carbonyl (C=O) groups excluding carboxylic acids is 1. The van der Waals surface area contributed by atoms with E-state index in [9.17, 15) is 4.79 Å².